The summed E-state index contributed by atoms with van der Waals surface area (Å²) in [7, 11) is 0. The minimum absolute atomic E-state index is 0.169. The van der Waals surface area contributed by atoms with Gasteiger partial charge in [-0.05, 0) is 30.9 Å². The molecular weight excluding hydrogens is 380 g/mol. The zero-order valence-corrected chi connectivity index (χ0v) is 17.6. The number of morpholine rings is 1. The van der Waals surface area contributed by atoms with Gasteiger partial charge in [0.15, 0.2) is 0 Å². The SMILES string of the molecule is C=C/C(=C\N=C(/C)N1CCOCC1)C(=O)NC[C@@H](O)CNC1Cc2ccccc2C1. The molecular formula is C23H32N4O3. The van der Waals surface area contributed by atoms with Gasteiger partial charge >= 0.3 is 0 Å². The number of carbonyl (C=O) groups is 1. The molecule has 1 aromatic rings. The van der Waals surface area contributed by atoms with Gasteiger partial charge in [-0.15, -0.1) is 0 Å². The Kier molecular flexibility index (Phi) is 8.19. The van der Waals surface area contributed by atoms with Gasteiger partial charge in [-0.1, -0.05) is 36.9 Å². The lowest BCUT2D eigenvalue weighted by Gasteiger charge is -2.28. The number of ether oxygens (including phenoxy) is 1. The van der Waals surface area contributed by atoms with E-state index in [4.69, 9.17) is 4.74 Å². The molecule has 0 saturated carbocycles. The van der Waals surface area contributed by atoms with Crippen molar-refractivity contribution in [3.8, 4) is 0 Å². The van der Waals surface area contributed by atoms with E-state index < -0.39 is 6.10 Å². The fourth-order valence-corrected chi connectivity index (χ4v) is 3.73. The summed E-state index contributed by atoms with van der Waals surface area (Å²) in [5.41, 5.74) is 3.10. The highest BCUT2D eigenvalue weighted by Crippen LogP contribution is 2.21. The van der Waals surface area contributed by atoms with Crippen LogP contribution in [-0.4, -0.2) is 73.3 Å². The van der Waals surface area contributed by atoms with E-state index in [1.54, 1.807) is 0 Å². The van der Waals surface area contributed by atoms with E-state index in [0.29, 0.717) is 31.4 Å². The molecule has 3 N–H and O–H groups in total. The summed E-state index contributed by atoms with van der Waals surface area (Å²) in [5, 5.41) is 16.4. The fraction of sp³-hybridized carbons (Fsp3) is 0.478. The summed E-state index contributed by atoms with van der Waals surface area (Å²) in [5.74, 6) is 0.545. The second kappa shape index (κ2) is 11.1. The van der Waals surface area contributed by atoms with E-state index >= 15 is 0 Å². The predicted octanol–water partition coefficient (Wildman–Crippen LogP) is 1.04. The number of hydrogen-bond acceptors (Lipinski definition) is 5. The number of nitrogens with one attached hydrogen (secondary N) is 2. The van der Waals surface area contributed by atoms with E-state index in [1.165, 1.54) is 23.4 Å². The van der Waals surface area contributed by atoms with Crippen LogP contribution in [0.3, 0.4) is 0 Å². The maximum atomic E-state index is 12.4. The molecule has 1 aliphatic carbocycles. The lowest BCUT2D eigenvalue weighted by atomic mass is 10.1. The number of benzene rings is 1. The van der Waals surface area contributed by atoms with Crippen molar-refractivity contribution < 1.29 is 14.6 Å². The second-order valence-electron chi connectivity index (χ2n) is 7.71. The van der Waals surface area contributed by atoms with Crippen molar-refractivity contribution in [2.75, 3.05) is 39.4 Å². The molecule has 162 valence electrons. The first-order valence-corrected chi connectivity index (χ1v) is 10.5. The van der Waals surface area contributed by atoms with Crippen molar-refractivity contribution in [3.63, 3.8) is 0 Å². The lowest BCUT2D eigenvalue weighted by molar-refractivity contribution is -0.117. The Labute approximate surface area is 178 Å². The van der Waals surface area contributed by atoms with Gasteiger partial charge in [0.1, 0.15) is 5.84 Å². The minimum atomic E-state index is -0.665. The summed E-state index contributed by atoms with van der Waals surface area (Å²) >= 11 is 0. The summed E-state index contributed by atoms with van der Waals surface area (Å²) in [6.45, 7) is 9.18. The van der Waals surface area contributed by atoms with Crippen LogP contribution in [0.2, 0.25) is 0 Å². The highest BCUT2D eigenvalue weighted by atomic mass is 16.5. The molecule has 1 heterocycles. The molecule has 0 bridgehead atoms. The van der Waals surface area contributed by atoms with E-state index in [-0.39, 0.29) is 12.5 Å². The Morgan fingerprint density at radius 2 is 1.97 bits per heavy atom. The molecule has 2 aliphatic rings. The number of aliphatic hydroxyl groups excluding tert-OH is 1. The molecule has 1 atom stereocenters. The van der Waals surface area contributed by atoms with Crippen molar-refractivity contribution in [1.29, 1.82) is 0 Å². The number of rotatable bonds is 8. The number of carbonyl (C=O) groups excluding carboxylic acids is 1. The Balaban J connectivity index is 1.41. The molecule has 0 radical (unpaired) electrons. The van der Waals surface area contributed by atoms with Crippen molar-refractivity contribution in [3.05, 3.63) is 59.8 Å². The van der Waals surface area contributed by atoms with Crippen LogP contribution >= 0.6 is 0 Å². The molecule has 1 fully saturated rings. The number of fused-ring (bicyclic) bond motifs is 1. The number of aliphatic hydroxyl groups is 1. The molecule has 1 aromatic carbocycles. The molecule has 3 rings (SSSR count). The molecule has 0 aromatic heterocycles. The molecule has 1 aliphatic heterocycles. The third kappa shape index (κ3) is 6.26. The molecule has 7 nitrogen and oxygen atoms in total. The first kappa shape index (κ1) is 22.2. The van der Waals surface area contributed by atoms with Gasteiger partial charge in [0, 0.05) is 38.4 Å². The van der Waals surface area contributed by atoms with Gasteiger partial charge in [-0.3, -0.25) is 4.79 Å². The van der Waals surface area contributed by atoms with Crippen LogP contribution < -0.4 is 10.6 Å². The third-order valence-corrected chi connectivity index (χ3v) is 5.53. The Morgan fingerprint density at radius 1 is 1.30 bits per heavy atom. The van der Waals surface area contributed by atoms with Crippen molar-refractivity contribution in [2.45, 2.75) is 31.9 Å². The zero-order chi connectivity index (χ0) is 21.3. The average Bonchev–Trinajstić information content (AvgIpc) is 3.20. The third-order valence-electron chi connectivity index (χ3n) is 5.53. The molecule has 30 heavy (non-hydrogen) atoms. The van der Waals surface area contributed by atoms with Crippen LogP contribution in [0.4, 0.5) is 0 Å². The molecule has 0 unspecified atom stereocenters. The summed E-state index contributed by atoms with van der Waals surface area (Å²) in [6, 6.07) is 8.75. The monoisotopic (exact) mass is 412 g/mol. The van der Waals surface area contributed by atoms with Crippen molar-refractivity contribution in [1.82, 2.24) is 15.5 Å². The van der Waals surface area contributed by atoms with Crippen LogP contribution in [0.1, 0.15) is 18.1 Å². The normalized spacial score (nSPS) is 18.8. The Morgan fingerprint density at radius 3 is 2.60 bits per heavy atom. The molecule has 7 heteroatoms. The maximum absolute atomic E-state index is 12.4. The van der Waals surface area contributed by atoms with E-state index in [0.717, 1.165) is 31.8 Å². The number of nitrogens with zero attached hydrogens (tertiary/aromatic N) is 2. The summed E-state index contributed by atoms with van der Waals surface area (Å²) < 4.78 is 5.34. The standard InChI is InChI=1S/C23H32N4O3/c1-3-18(14-24-17(2)27-8-10-30-11-9-27)23(29)26-16-22(28)15-25-21-12-19-6-4-5-7-20(19)13-21/h3-7,14,21-22,25,28H,1,8-13,15-16H2,2H3,(H,26,29)/b18-14+,24-17+/t22-/m0/s1. The van der Waals surface area contributed by atoms with E-state index in [1.807, 2.05) is 6.92 Å². The van der Waals surface area contributed by atoms with Gasteiger partial charge in [0.25, 0.3) is 5.91 Å². The van der Waals surface area contributed by atoms with Crippen LogP contribution in [0, 0.1) is 0 Å². The highest BCUT2D eigenvalue weighted by Gasteiger charge is 2.21. The fourth-order valence-electron chi connectivity index (χ4n) is 3.73. The van der Waals surface area contributed by atoms with Gasteiger partial charge < -0.3 is 25.4 Å². The second-order valence-corrected chi connectivity index (χ2v) is 7.71. The first-order chi connectivity index (χ1) is 14.6. The van der Waals surface area contributed by atoms with E-state index in [9.17, 15) is 9.90 Å². The van der Waals surface area contributed by atoms with Crippen molar-refractivity contribution >= 4 is 11.7 Å². The zero-order valence-electron chi connectivity index (χ0n) is 17.6. The number of hydrogen-bond donors (Lipinski definition) is 3. The van der Waals surface area contributed by atoms with Crippen molar-refractivity contribution in [2.24, 2.45) is 4.99 Å². The van der Waals surface area contributed by atoms with E-state index in [2.05, 4.69) is 51.4 Å². The first-order valence-electron chi connectivity index (χ1n) is 10.5. The van der Waals surface area contributed by atoms with Gasteiger partial charge in [-0.2, -0.15) is 0 Å². The lowest BCUT2D eigenvalue weighted by Crippen LogP contribution is -2.42. The van der Waals surface area contributed by atoms with Gasteiger partial charge in [0.2, 0.25) is 0 Å². The summed E-state index contributed by atoms with van der Waals surface area (Å²) in [6.07, 6.45) is 4.28. The minimum Gasteiger partial charge on any atom is -0.390 e. The number of aliphatic imine (C=N–C) groups is 1. The van der Waals surface area contributed by atoms with Crippen LogP contribution in [-0.2, 0) is 22.4 Å². The quantitative estimate of drug-likeness (QED) is 0.257. The van der Waals surface area contributed by atoms with Gasteiger partial charge in [0.05, 0.1) is 24.9 Å². The predicted molar refractivity (Wildman–Crippen MR) is 118 cm³/mol. The van der Waals surface area contributed by atoms with Gasteiger partial charge in [-0.25, -0.2) is 4.99 Å². The average molecular weight is 413 g/mol. The van der Waals surface area contributed by atoms with Crippen LogP contribution in [0.15, 0.2) is 53.7 Å². The van der Waals surface area contributed by atoms with Crippen LogP contribution in [0.5, 0.6) is 0 Å². The molecule has 1 amide bonds. The Bertz CT molecular complexity index is 774. The largest absolute Gasteiger partial charge is 0.390 e. The summed E-state index contributed by atoms with van der Waals surface area (Å²) in [4.78, 5) is 18.9. The molecule has 1 saturated heterocycles. The highest BCUT2D eigenvalue weighted by molar-refractivity contribution is 5.96. The Hall–Kier alpha value is -2.48. The molecule has 0 spiro atoms. The smallest absolute Gasteiger partial charge is 0.252 e. The topological polar surface area (TPSA) is 86.2 Å². The van der Waals surface area contributed by atoms with Crippen LogP contribution in [0.25, 0.3) is 0 Å². The number of amides is 1. The maximum Gasteiger partial charge on any atom is 0.252 e. The number of amidine groups is 1.